The van der Waals surface area contributed by atoms with E-state index in [9.17, 15) is 9.90 Å². The third kappa shape index (κ3) is 4.65. The minimum absolute atomic E-state index is 0.375. The van der Waals surface area contributed by atoms with E-state index in [-0.39, 0.29) is 0 Å². The van der Waals surface area contributed by atoms with Crippen LogP contribution in [-0.4, -0.2) is 30.3 Å². The molecule has 1 aliphatic heterocycles. The maximum Gasteiger partial charge on any atom is 0.321 e. The molecule has 2 N–H and O–H groups in total. The Labute approximate surface area is 151 Å². The molecule has 0 spiro atoms. The predicted molar refractivity (Wildman–Crippen MR) is 95.5 cm³/mol. The number of hydrogen-bond donors (Lipinski definition) is 2. The summed E-state index contributed by atoms with van der Waals surface area (Å²) in [6.07, 6.45) is 1.21. The van der Waals surface area contributed by atoms with Crippen LogP contribution in [0.1, 0.15) is 17.5 Å². The van der Waals surface area contributed by atoms with Gasteiger partial charge in [0.25, 0.3) is 0 Å². The second-order valence-electron chi connectivity index (χ2n) is 5.92. The summed E-state index contributed by atoms with van der Waals surface area (Å²) in [5.74, 6) is 0.281. The van der Waals surface area contributed by atoms with E-state index < -0.39 is 12.0 Å². The van der Waals surface area contributed by atoms with Gasteiger partial charge in [0.2, 0.25) is 0 Å². The quantitative estimate of drug-likeness (QED) is 0.826. The topological polar surface area (TPSA) is 67.8 Å². The lowest BCUT2D eigenvalue weighted by molar-refractivity contribution is -0.139. The van der Waals surface area contributed by atoms with Gasteiger partial charge in [-0.05, 0) is 29.7 Å². The van der Waals surface area contributed by atoms with E-state index in [0.29, 0.717) is 42.7 Å². The number of hydrogen-bond acceptors (Lipinski definition) is 4. The van der Waals surface area contributed by atoms with Gasteiger partial charge in [-0.15, -0.1) is 0 Å². The summed E-state index contributed by atoms with van der Waals surface area (Å²) in [7, 11) is 0. The first kappa shape index (κ1) is 17.6. The minimum atomic E-state index is -0.885. The zero-order valence-corrected chi connectivity index (χ0v) is 14.5. The van der Waals surface area contributed by atoms with E-state index in [1.54, 1.807) is 6.07 Å². The van der Waals surface area contributed by atoms with E-state index in [1.165, 1.54) is 0 Å². The molecule has 2 aromatic rings. The maximum atomic E-state index is 11.5. The molecule has 0 unspecified atom stereocenters. The van der Waals surface area contributed by atoms with Crippen LogP contribution in [0, 0.1) is 0 Å². The van der Waals surface area contributed by atoms with Crippen molar-refractivity contribution in [2.24, 2.45) is 0 Å². The molecule has 0 aliphatic carbocycles. The van der Waals surface area contributed by atoms with Crippen LogP contribution in [0.15, 0.2) is 42.5 Å². The van der Waals surface area contributed by atoms with Crippen LogP contribution in [0.5, 0.6) is 11.5 Å². The van der Waals surface area contributed by atoms with Gasteiger partial charge in [0, 0.05) is 13.0 Å². The molecular formula is C19H20ClNO4. The van der Waals surface area contributed by atoms with Crippen molar-refractivity contribution in [3.63, 3.8) is 0 Å². The van der Waals surface area contributed by atoms with Crippen LogP contribution < -0.4 is 14.8 Å². The lowest BCUT2D eigenvalue weighted by atomic mass is 10.1. The molecule has 1 heterocycles. The highest BCUT2D eigenvalue weighted by atomic mass is 35.5. The highest BCUT2D eigenvalue weighted by Crippen LogP contribution is 2.37. The lowest BCUT2D eigenvalue weighted by Gasteiger charge is -2.16. The van der Waals surface area contributed by atoms with E-state index in [1.807, 2.05) is 36.4 Å². The Morgan fingerprint density at radius 3 is 2.68 bits per heavy atom. The molecule has 1 aliphatic rings. The van der Waals surface area contributed by atoms with E-state index in [2.05, 4.69) is 5.32 Å². The maximum absolute atomic E-state index is 11.5. The number of carbonyl (C=O) groups is 1. The van der Waals surface area contributed by atoms with Crippen molar-refractivity contribution >= 4 is 17.6 Å². The summed E-state index contributed by atoms with van der Waals surface area (Å²) in [4.78, 5) is 11.5. The third-order valence-electron chi connectivity index (χ3n) is 4.00. The molecule has 1 atom stereocenters. The molecule has 3 rings (SSSR count). The first-order chi connectivity index (χ1) is 12.1. The first-order valence-electron chi connectivity index (χ1n) is 8.21. The van der Waals surface area contributed by atoms with E-state index in [4.69, 9.17) is 21.1 Å². The van der Waals surface area contributed by atoms with Crippen LogP contribution in [0.3, 0.4) is 0 Å². The Morgan fingerprint density at radius 1 is 1.16 bits per heavy atom. The molecule has 0 amide bonds. The minimum Gasteiger partial charge on any atom is -0.489 e. The van der Waals surface area contributed by atoms with E-state index in [0.717, 1.165) is 17.5 Å². The van der Waals surface area contributed by atoms with Crippen LogP contribution in [-0.2, 0) is 17.8 Å². The van der Waals surface area contributed by atoms with Crippen molar-refractivity contribution in [3.8, 4) is 11.5 Å². The van der Waals surface area contributed by atoms with Crippen molar-refractivity contribution < 1.29 is 19.4 Å². The molecule has 0 saturated carbocycles. The summed E-state index contributed by atoms with van der Waals surface area (Å²) in [6.45, 7) is 1.52. The number of rotatable bonds is 6. The van der Waals surface area contributed by atoms with Crippen LogP contribution in [0.4, 0.5) is 0 Å². The number of nitrogens with one attached hydrogen (secondary N) is 1. The first-order valence-corrected chi connectivity index (χ1v) is 8.59. The van der Waals surface area contributed by atoms with Gasteiger partial charge in [0.1, 0.15) is 6.04 Å². The number of halogens is 1. The van der Waals surface area contributed by atoms with Crippen LogP contribution >= 0.6 is 11.6 Å². The predicted octanol–water partition coefficient (Wildman–Crippen LogP) is 3.29. The standard InChI is InChI=1S/C19H20ClNO4/c20-15-9-14(11-17-18(15)25-8-4-7-24-17)12-21-16(19(22)23)10-13-5-2-1-3-6-13/h1-3,5-6,9,11,16,21H,4,7-8,10,12H2,(H,22,23)/t16-/m0/s1. The van der Waals surface area contributed by atoms with Crippen molar-refractivity contribution in [2.75, 3.05) is 13.2 Å². The average molecular weight is 362 g/mol. The smallest absolute Gasteiger partial charge is 0.321 e. The summed E-state index contributed by atoms with van der Waals surface area (Å²) in [6, 6.07) is 12.5. The van der Waals surface area contributed by atoms with Crippen LogP contribution in [0.2, 0.25) is 5.02 Å². The van der Waals surface area contributed by atoms with Gasteiger partial charge in [0.05, 0.1) is 18.2 Å². The fourth-order valence-corrected chi connectivity index (χ4v) is 3.01. The monoisotopic (exact) mass is 361 g/mol. The number of benzene rings is 2. The summed E-state index contributed by atoms with van der Waals surface area (Å²) in [5, 5.41) is 13.0. The lowest BCUT2D eigenvalue weighted by Crippen LogP contribution is -2.38. The molecule has 0 aromatic heterocycles. The molecule has 25 heavy (non-hydrogen) atoms. The Morgan fingerprint density at radius 2 is 1.92 bits per heavy atom. The number of aliphatic carboxylic acids is 1. The normalized spacial score (nSPS) is 14.6. The molecule has 2 aromatic carbocycles. The molecule has 0 fully saturated rings. The Balaban J connectivity index is 1.69. The summed E-state index contributed by atoms with van der Waals surface area (Å²) >= 11 is 6.28. The highest BCUT2D eigenvalue weighted by Gasteiger charge is 2.19. The van der Waals surface area contributed by atoms with Crippen LogP contribution in [0.25, 0.3) is 0 Å². The highest BCUT2D eigenvalue weighted by molar-refractivity contribution is 6.32. The average Bonchev–Trinajstić information content (AvgIpc) is 2.85. The van der Waals surface area contributed by atoms with Gasteiger partial charge in [0.15, 0.2) is 11.5 Å². The number of carboxylic acids is 1. The Bertz CT molecular complexity index is 736. The Hall–Kier alpha value is -2.24. The third-order valence-corrected chi connectivity index (χ3v) is 4.28. The van der Waals surface area contributed by atoms with Gasteiger partial charge in [-0.1, -0.05) is 41.9 Å². The number of carboxylic acid groups (broad SMARTS) is 1. The van der Waals surface area contributed by atoms with E-state index >= 15 is 0 Å². The largest absolute Gasteiger partial charge is 0.489 e. The zero-order chi connectivity index (χ0) is 17.6. The molecule has 0 bridgehead atoms. The van der Waals surface area contributed by atoms with Gasteiger partial charge in [-0.3, -0.25) is 4.79 Å². The zero-order valence-electron chi connectivity index (χ0n) is 13.7. The van der Waals surface area contributed by atoms with Gasteiger partial charge >= 0.3 is 5.97 Å². The second-order valence-corrected chi connectivity index (χ2v) is 6.32. The van der Waals surface area contributed by atoms with Gasteiger partial charge < -0.3 is 19.9 Å². The molecule has 6 heteroatoms. The fourth-order valence-electron chi connectivity index (χ4n) is 2.72. The van der Waals surface area contributed by atoms with Crippen molar-refractivity contribution in [1.29, 1.82) is 0 Å². The Kier molecular flexibility index (Phi) is 5.79. The molecule has 5 nitrogen and oxygen atoms in total. The van der Waals surface area contributed by atoms with Crippen molar-refractivity contribution in [3.05, 3.63) is 58.6 Å². The molecule has 0 radical (unpaired) electrons. The fraction of sp³-hybridized carbons (Fsp3) is 0.316. The summed E-state index contributed by atoms with van der Waals surface area (Å²) < 4.78 is 11.3. The molecule has 132 valence electrons. The van der Waals surface area contributed by atoms with Gasteiger partial charge in [-0.25, -0.2) is 0 Å². The number of fused-ring (bicyclic) bond motifs is 1. The number of ether oxygens (including phenoxy) is 2. The second kappa shape index (κ2) is 8.23. The summed E-state index contributed by atoms with van der Waals surface area (Å²) in [5.41, 5.74) is 1.83. The molecule has 0 saturated heterocycles. The molecular weight excluding hydrogens is 342 g/mol. The van der Waals surface area contributed by atoms with Crippen molar-refractivity contribution in [1.82, 2.24) is 5.32 Å². The van der Waals surface area contributed by atoms with Crippen molar-refractivity contribution in [2.45, 2.75) is 25.4 Å². The SMILES string of the molecule is O=C(O)[C@H](Cc1ccccc1)NCc1cc(Cl)c2c(c1)OCCCO2. The van der Waals surface area contributed by atoms with Gasteiger partial charge in [-0.2, -0.15) is 0 Å².